The van der Waals surface area contributed by atoms with Crippen LogP contribution >= 0.6 is 0 Å². The molecule has 1 saturated heterocycles. The van der Waals surface area contributed by atoms with E-state index < -0.39 is 24.0 Å². The lowest BCUT2D eigenvalue weighted by molar-refractivity contribution is -0.142. The van der Waals surface area contributed by atoms with Gasteiger partial charge in [0.1, 0.15) is 5.92 Å². The zero-order chi connectivity index (χ0) is 15.1. The summed E-state index contributed by atoms with van der Waals surface area (Å²) in [5, 5.41) is 27.1. The molecule has 2 unspecified atom stereocenters. The van der Waals surface area contributed by atoms with Crippen LogP contribution in [0.4, 0.5) is 4.79 Å². The van der Waals surface area contributed by atoms with Crippen LogP contribution in [0, 0.1) is 5.92 Å². The number of carboxylic acids is 1. The second kappa shape index (κ2) is 8.03. The molecular weight excluding hydrogens is 268 g/mol. The van der Waals surface area contributed by atoms with E-state index in [9.17, 15) is 9.59 Å². The largest absolute Gasteiger partial charge is 0.481 e. The van der Waals surface area contributed by atoms with Crippen molar-refractivity contribution >= 4 is 12.0 Å². The Bertz CT molecular complexity index is 332. The van der Waals surface area contributed by atoms with Crippen LogP contribution in [0.15, 0.2) is 0 Å². The predicted octanol–water partition coefficient (Wildman–Crippen LogP) is -1.19. The van der Waals surface area contributed by atoms with E-state index in [1.165, 1.54) is 9.80 Å². The highest BCUT2D eigenvalue weighted by molar-refractivity contribution is 5.77. The lowest BCUT2D eigenvalue weighted by Crippen LogP contribution is -2.53. The van der Waals surface area contributed by atoms with Crippen molar-refractivity contribution in [2.45, 2.75) is 13.0 Å². The molecule has 2 amide bonds. The summed E-state index contributed by atoms with van der Waals surface area (Å²) >= 11 is 0. The summed E-state index contributed by atoms with van der Waals surface area (Å²) < 4.78 is 5.17. The van der Waals surface area contributed by atoms with Crippen LogP contribution in [-0.2, 0) is 9.53 Å². The standard InChI is InChI=1S/C12H22N2O6/c1-2-14(10-8-20-7-9(10)11(17)18)12(19)13(3-5-15)4-6-16/h9-10,15-16H,2-8H2,1H3,(H,17,18). The van der Waals surface area contributed by atoms with Gasteiger partial charge in [-0.1, -0.05) is 0 Å². The number of nitrogens with zero attached hydrogens (tertiary/aromatic N) is 2. The number of hydrogen-bond acceptors (Lipinski definition) is 5. The number of hydrogen-bond donors (Lipinski definition) is 3. The SMILES string of the molecule is CCN(C(=O)N(CCO)CCO)C1COCC1C(=O)O. The van der Waals surface area contributed by atoms with Gasteiger partial charge in [-0.15, -0.1) is 0 Å². The number of carboxylic acid groups (broad SMARTS) is 1. The first kappa shape index (κ1) is 16.7. The predicted molar refractivity (Wildman–Crippen MR) is 69.3 cm³/mol. The number of carbonyl (C=O) groups is 2. The maximum atomic E-state index is 12.4. The molecule has 0 radical (unpaired) electrons. The van der Waals surface area contributed by atoms with Gasteiger partial charge in [0.15, 0.2) is 0 Å². The van der Waals surface area contributed by atoms with Gasteiger partial charge in [0.2, 0.25) is 0 Å². The van der Waals surface area contributed by atoms with E-state index in [0.717, 1.165) is 0 Å². The van der Waals surface area contributed by atoms with E-state index in [-0.39, 0.29) is 39.5 Å². The van der Waals surface area contributed by atoms with Gasteiger partial charge in [0, 0.05) is 19.6 Å². The van der Waals surface area contributed by atoms with E-state index in [1.807, 2.05) is 0 Å². The lowest BCUT2D eigenvalue weighted by atomic mass is 10.0. The summed E-state index contributed by atoms with van der Waals surface area (Å²) in [7, 11) is 0. The fourth-order valence-electron chi connectivity index (χ4n) is 2.32. The highest BCUT2D eigenvalue weighted by Crippen LogP contribution is 2.21. The zero-order valence-corrected chi connectivity index (χ0v) is 11.6. The third-order valence-corrected chi connectivity index (χ3v) is 3.36. The topological polar surface area (TPSA) is 111 Å². The Hall–Kier alpha value is -1.38. The highest BCUT2D eigenvalue weighted by atomic mass is 16.5. The van der Waals surface area contributed by atoms with Gasteiger partial charge >= 0.3 is 12.0 Å². The molecule has 0 aromatic carbocycles. The van der Waals surface area contributed by atoms with Crippen LogP contribution < -0.4 is 0 Å². The first-order chi connectivity index (χ1) is 9.56. The quantitative estimate of drug-likeness (QED) is 0.544. The molecule has 0 bridgehead atoms. The minimum Gasteiger partial charge on any atom is -0.481 e. The van der Waals surface area contributed by atoms with Gasteiger partial charge in [-0.25, -0.2) is 4.79 Å². The molecule has 116 valence electrons. The number of likely N-dealkylation sites (N-methyl/N-ethyl adjacent to an activating group) is 1. The third-order valence-electron chi connectivity index (χ3n) is 3.36. The maximum absolute atomic E-state index is 12.4. The summed E-state index contributed by atoms with van der Waals surface area (Å²) in [5.74, 6) is -1.74. The van der Waals surface area contributed by atoms with E-state index in [1.54, 1.807) is 6.92 Å². The minimum absolute atomic E-state index is 0.0871. The molecule has 2 atom stereocenters. The van der Waals surface area contributed by atoms with Crippen molar-refractivity contribution < 1.29 is 29.6 Å². The normalized spacial score (nSPS) is 21.8. The second-order valence-corrected chi connectivity index (χ2v) is 4.55. The van der Waals surface area contributed by atoms with E-state index >= 15 is 0 Å². The molecule has 1 rings (SSSR count). The van der Waals surface area contributed by atoms with Crippen LogP contribution in [0.3, 0.4) is 0 Å². The Morgan fingerprint density at radius 3 is 2.25 bits per heavy atom. The number of amides is 2. The highest BCUT2D eigenvalue weighted by Gasteiger charge is 2.40. The molecule has 0 spiro atoms. The Kier molecular flexibility index (Phi) is 6.69. The van der Waals surface area contributed by atoms with Gasteiger partial charge in [-0.3, -0.25) is 4.79 Å². The van der Waals surface area contributed by atoms with Crippen LogP contribution in [0.25, 0.3) is 0 Å². The number of rotatable bonds is 7. The number of aliphatic carboxylic acids is 1. The molecular formula is C12H22N2O6. The van der Waals surface area contributed by atoms with Crippen molar-refractivity contribution in [1.82, 2.24) is 9.80 Å². The van der Waals surface area contributed by atoms with Gasteiger partial charge in [0.25, 0.3) is 0 Å². The Balaban J connectivity index is 2.82. The molecule has 0 saturated carbocycles. The zero-order valence-electron chi connectivity index (χ0n) is 11.6. The van der Waals surface area contributed by atoms with Gasteiger partial charge in [-0.05, 0) is 6.92 Å². The molecule has 8 nitrogen and oxygen atoms in total. The van der Waals surface area contributed by atoms with E-state index in [2.05, 4.69) is 0 Å². The molecule has 1 heterocycles. The fraction of sp³-hybridized carbons (Fsp3) is 0.833. The van der Waals surface area contributed by atoms with E-state index in [0.29, 0.717) is 6.54 Å². The van der Waals surface area contributed by atoms with Crippen molar-refractivity contribution in [2.75, 3.05) is 46.1 Å². The first-order valence-electron chi connectivity index (χ1n) is 6.64. The summed E-state index contributed by atoms with van der Waals surface area (Å²) in [6.07, 6.45) is 0. The molecule has 1 fully saturated rings. The summed E-state index contributed by atoms with van der Waals surface area (Å²) in [4.78, 5) is 26.3. The van der Waals surface area contributed by atoms with Gasteiger partial charge < -0.3 is 29.9 Å². The van der Waals surface area contributed by atoms with Crippen LogP contribution in [0.1, 0.15) is 6.92 Å². The lowest BCUT2D eigenvalue weighted by Gasteiger charge is -2.34. The summed E-state index contributed by atoms with van der Waals surface area (Å²) in [5.41, 5.74) is 0. The summed E-state index contributed by atoms with van der Waals surface area (Å²) in [6.45, 7) is 2.13. The van der Waals surface area contributed by atoms with Gasteiger partial charge in [0.05, 0.1) is 32.5 Å². The Morgan fingerprint density at radius 1 is 1.20 bits per heavy atom. The monoisotopic (exact) mass is 290 g/mol. The molecule has 0 aromatic rings. The molecule has 3 N–H and O–H groups in total. The third kappa shape index (κ3) is 3.81. The van der Waals surface area contributed by atoms with Crippen LogP contribution in [0.5, 0.6) is 0 Å². The first-order valence-corrected chi connectivity index (χ1v) is 6.64. The maximum Gasteiger partial charge on any atom is 0.320 e. The van der Waals surface area contributed by atoms with E-state index in [4.69, 9.17) is 20.1 Å². The number of ether oxygens (including phenoxy) is 1. The fourth-order valence-corrected chi connectivity index (χ4v) is 2.32. The van der Waals surface area contributed by atoms with Crippen molar-refractivity contribution in [1.29, 1.82) is 0 Å². The molecule has 1 aliphatic heterocycles. The molecule has 0 aromatic heterocycles. The number of carbonyl (C=O) groups excluding carboxylic acids is 1. The Labute approximate surface area is 117 Å². The molecule has 1 aliphatic rings. The minimum atomic E-state index is -0.991. The van der Waals surface area contributed by atoms with Crippen LogP contribution in [0.2, 0.25) is 0 Å². The Morgan fingerprint density at radius 2 is 1.80 bits per heavy atom. The average Bonchev–Trinajstić information content (AvgIpc) is 2.88. The number of aliphatic hydroxyl groups is 2. The van der Waals surface area contributed by atoms with Crippen molar-refractivity contribution in [2.24, 2.45) is 5.92 Å². The number of urea groups is 1. The molecule has 8 heteroatoms. The average molecular weight is 290 g/mol. The van der Waals surface area contributed by atoms with Crippen LogP contribution in [-0.4, -0.2) is 89.2 Å². The van der Waals surface area contributed by atoms with Crippen molar-refractivity contribution in [3.8, 4) is 0 Å². The second-order valence-electron chi connectivity index (χ2n) is 4.55. The summed E-state index contributed by atoms with van der Waals surface area (Å²) in [6, 6.07) is -0.915. The smallest absolute Gasteiger partial charge is 0.320 e. The number of aliphatic hydroxyl groups excluding tert-OH is 2. The molecule has 0 aliphatic carbocycles. The van der Waals surface area contributed by atoms with Crippen molar-refractivity contribution in [3.63, 3.8) is 0 Å². The molecule has 20 heavy (non-hydrogen) atoms. The van der Waals surface area contributed by atoms with Gasteiger partial charge in [-0.2, -0.15) is 0 Å². The van der Waals surface area contributed by atoms with Crippen molar-refractivity contribution in [3.05, 3.63) is 0 Å².